The maximum Gasteiger partial charge on any atom is 0.119 e. The number of hydrogen-bond acceptors (Lipinski definition) is 2. The predicted octanol–water partition coefficient (Wildman–Crippen LogP) is 4.12. The third-order valence-corrected chi connectivity index (χ3v) is 5.47. The minimum absolute atomic E-state index is 0.415. The molecule has 110 valence electrons. The van der Waals surface area contributed by atoms with Crippen molar-refractivity contribution in [3.05, 3.63) is 29.8 Å². The molecule has 1 aromatic carbocycles. The van der Waals surface area contributed by atoms with Crippen LogP contribution in [0.15, 0.2) is 24.3 Å². The van der Waals surface area contributed by atoms with Crippen LogP contribution in [-0.4, -0.2) is 12.2 Å². The van der Waals surface area contributed by atoms with Gasteiger partial charge in [-0.2, -0.15) is 0 Å². The monoisotopic (exact) mass is 274 g/mol. The maximum absolute atomic E-state index is 11.3. The van der Waals surface area contributed by atoms with Crippen LogP contribution in [0.4, 0.5) is 0 Å². The molecule has 0 heterocycles. The van der Waals surface area contributed by atoms with Crippen molar-refractivity contribution in [2.75, 3.05) is 7.11 Å². The summed E-state index contributed by atoms with van der Waals surface area (Å²) in [6.07, 6.45) is 6.99. The van der Waals surface area contributed by atoms with Crippen molar-refractivity contribution in [3.8, 4) is 5.75 Å². The van der Waals surface area contributed by atoms with Gasteiger partial charge in [0, 0.05) is 0 Å². The zero-order valence-electron chi connectivity index (χ0n) is 12.6. The first-order chi connectivity index (χ1) is 9.63. The van der Waals surface area contributed by atoms with Gasteiger partial charge >= 0.3 is 0 Å². The van der Waals surface area contributed by atoms with Gasteiger partial charge in [0.2, 0.25) is 0 Å². The summed E-state index contributed by atoms with van der Waals surface area (Å²) >= 11 is 0. The Bertz CT molecular complexity index is 470. The van der Waals surface area contributed by atoms with Crippen LogP contribution in [-0.2, 0) is 5.60 Å². The normalized spacial score (nSPS) is 36.6. The lowest BCUT2D eigenvalue weighted by molar-refractivity contribution is -0.0600. The Morgan fingerprint density at radius 2 is 2.15 bits per heavy atom. The molecule has 0 radical (unpaired) electrons. The predicted molar refractivity (Wildman–Crippen MR) is 80.7 cm³/mol. The molecule has 0 aromatic heterocycles. The molecule has 0 bridgehead atoms. The van der Waals surface area contributed by atoms with E-state index in [1.807, 2.05) is 18.2 Å². The Morgan fingerprint density at radius 3 is 2.85 bits per heavy atom. The number of benzene rings is 1. The topological polar surface area (TPSA) is 29.5 Å². The highest BCUT2D eigenvalue weighted by Gasteiger charge is 2.44. The van der Waals surface area contributed by atoms with Crippen molar-refractivity contribution < 1.29 is 9.84 Å². The first kappa shape index (κ1) is 13.9. The zero-order valence-corrected chi connectivity index (χ0v) is 12.6. The van der Waals surface area contributed by atoms with Crippen LogP contribution in [0.1, 0.15) is 51.0 Å². The highest BCUT2D eigenvalue weighted by Crippen LogP contribution is 2.51. The van der Waals surface area contributed by atoms with E-state index < -0.39 is 5.60 Å². The Balaban J connectivity index is 1.84. The van der Waals surface area contributed by atoms with Gasteiger partial charge in [-0.05, 0) is 61.1 Å². The van der Waals surface area contributed by atoms with Crippen molar-refractivity contribution in [1.29, 1.82) is 0 Å². The summed E-state index contributed by atoms with van der Waals surface area (Å²) in [5, 5.41) is 11.3. The summed E-state index contributed by atoms with van der Waals surface area (Å²) < 4.78 is 5.33. The minimum atomic E-state index is -0.644. The third-order valence-electron chi connectivity index (χ3n) is 5.47. The fraction of sp³-hybridized carbons (Fsp3) is 0.667. The zero-order chi connectivity index (χ0) is 14.2. The van der Waals surface area contributed by atoms with Crippen LogP contribution in [0.5, 0.6) is 5.75 Å². The van der Waals surface area contributed by atoms with Crippen molar-refractivity contribution in [2.24, 2.45) is 17.8 Å². The summed E-state index contributed by atoms with van der Waals surface area (Å²) in [6, 6.07) is 8.04. The number of aliphatic hydroxyl groups is 1. The molecule has 1 aromatic rings. The standard InChI is InChI=1S/C18H26O2/c1-13-10-14(13)11-15-6-3-4-9-18(15,19)16-7-5-8-17(12-16)20-2/h5,7-8,12-15,19H,3-4,6,9-11H2,1-2H3. The van der Waals surface area contributed by atoms with Crippen molar-refractivity contribution >= 4 is 0 Å². The molecule has 2 aliphatic carbocycles. The minimum Gasteiger partial charge on any atom is -0.497 e. The second kappa shape index (κ2) is 5.40. The lowest BCUT2D eigenvalue weighted by Gasteiger charge is -2.41. The molecular formula is C18H26O2. The molecule has 2 saturated carbocycles. The first-order valence-electron chi connectivity index (χ1n) is 8.00. The molecule has 0 spiro atoms. The highest BCUT2D eigenvalue weighted by molar-refractivity contribution is 5.33. The summed E-state index contributed by atoms with van der Waals surface area (Å²) in [6.45, 7) is 2.33. The van der Waals surface area contributed by atoms with Gasteiger partial charge in [0.05, 0.1) is 12.7 Å². The molecule has 4 unspecified atom stereocenters. The van der Waals surface area contributed by atoms with Gasteiger partial charge in [0.1, 0.15) is 5.75 Å². The average molecular weight is 274 g/mol. The van der Waals surface area contributed by atoms with Crippen LogP contribution >= 0.6 is 0 Å². The van der Waals surface area contributed by atoms with Gasteiger partial charge in [0.25, 0.3) is 0 Å². The van der Waals surface area contributed by atoms with Crippen molar-refractivity contribution in [3.63, 3.8) is 0 Å². The fourth-order valence-electron chi connectivity index (χ4n) is 3.91. The maximum atomic E-state index is 11.3. The SMILES string of the molecule is COc1cccc(C2(O)CCCCC2CC2CC2C)c1. The van der Waals surface area contributed by atoms with Crippen LogP contribution in [0.25, 0.3) is 0 Å². The Hall–Kier alpha value is -1.02. The summed E-state index contributed by atoms with van der Waals surface area (Å²) in [5.74, 6) is 2.97. The Labute approximate surface area is 122 Å². The van der Waals surface area contributed by atoms with E-state index in [9.17, 15) is 5.11 Å². The highest BCUT2D eigenvalue weighted by atomic mass is 16.5. The first-order valence-corrected chi connectivity index (χ1v) is 8.00. The third kappa shape index (κ3) is 2.58. The van der Waals surface area contributed by atoms with Gasteiger partial charge in [-0.15, -0.1) is 0 Å². The van der Waals surface area contributed by atoms with Gasteiger partial charge in [-0.25, -0.2) is 0 Å². The molecule has 20 heavy (non-hydrogen) atoms. The fourth-order valence-corrected chi connectivity index (χ4v) is 3.91. The molecule has 0 amide bonds. The second-order valence-corrected chi connectivity index (χ2v) is 6.81. The van der Waals surface area contributed by atoms with Gasteiger partial charge in [0.15, 0.2) is 0 Å². The lowest BCUT2D eigenvalue weighted by Crippen LogP contribution is -2.38. The molecule has 0 aliphatic heterocycles. The Kier molecular flexibility index (Phi) is 3.76. The molecular weight excluding hydrogens is 248 g/mol. The molecule has 1 N–H and O–H groups in total. The molecule has 0 saturated heterocycles. The summed E-state index contributed by atoms with van der Waals surface area (Å²) in [5.41, 5.74) is 0.407. The quantitative estimate of drug-likeness (QED) is 0.895. The number of hydrogen-bond donors (Lipinski definition) is 1. The smallest absolute Gasteiger partial charge is 0.119 e. The molecule has 4 atom stereocenters. The second-order valence-electron chi connectivity index (χ2n) is 6.81. The molecule has 2 nitrogen and oxygen atoms in total. The van der Waals surface area contributed by atoms with Crippen LogP contribution in [0.3, 0.4) is 0 Å². The number of ether oxygens (including phenoxy) is 1. The van der Waals surface area contributed by atoms with E-state index in [0.717, 1.165) is 42.4 Å². The van der Waals surface area contributed by atoms with Gasteiger partial charge < -0.3 is 9.84 Å². The number of methoxy groups -OCH3 is 1. The van der Waals surface area contributed by atoms with E-state index in [1.165, 1.54) is 19.3 Å². The van der Waals surface area contributed by atoms with E-state index in [4.69, 9.17) is 4.74 Å². The largest absolute Gasteiger partial charge is 0.497 e. The van der Waals surface area contributed by atoms with Crippen LogP contribution in [0, 0.1) is 17.8 Å². The van der Waals surface area contributed by atoms with E-state index >= 15 is 0 Å². The summed E-state index contributed by atoms with van der Waals surface area (Å²) in [7, 11) is 1.69. The molecule has 2 aliphatic rings. The molecule has 2 fully saturated rings. The van der Waals surface area contributed by atoms with E-state index in [-0.39, 0.29) is 0 Å². The molecule has 2 heteroatoms. The average Bonchev–Trinajstić information content (AvgIpc) is 3.17. The van der Waals surface area contributed by atoms with Crippen LogP contribution in [0.2, 0.25) is 0 Å². The van der Waals surface area contributed by atoms with Gasteiger partial charge in [-0.1, -0.05) is 31.9 Å². The van der Waals surface area contributed by atoms with E-state index in [2.05, 4.69) is 13.0 Å². The Morgan fingerprint density at radius 1 is 1.35 bits per heavy atom. The van der Waals surface area contributed by atoms with E-state index in [0.29, 0.717) is 5.92 Å². The van der Waals surface area contributed by atoms with Crippen molar-refractivity contribution in [2.45, 2.75) is 51.0 Å². The van der Waals surface area contributed by atoms with Crippen molar-refractivity contribution in [1.82, 2.24) is 0 Å². The number of rotatable bonds is 4. The lowest BCUT2D eigenvalue weighted by atomic mass is 9.69. The van der Waals surface area contributed by atoms with Crippen LogP contribution < -0.4 is 4.74 Å². The molecule has 3 rings (SSSR count). The van der Waals surface area contributed by atoms with E-state index in [1.54, 1.807) is 7.11 Å². The summed E-state index contributed by atoms with van der Waals surface area (Å²) in [4.78, 5) is 0. The van der Waals surface area contributed by atoms with Gasteiger partial charge in [-0.3, -0.25) is 0 Å².